The Bertz CT molecular complexity index is 419. The molecule has 0 amide bonds. The normalized spacial score (nSPS) is 21.6. The van der Waals surface area contributed by atoms with Crippen LogP contribution < -0.4 is 5.73 Å². The van der Waals surface area contributed by atoms with E-state index in [1.54, 1.807) is 7.11 Å². The van der Waals surface area contributed by atoms with E-state index < -0.39 is 0 Å². The van der Waals surface area contributed by atoms with Crippen LogP contribution in [0.3, 0.4) is 0 Å². The summed E-state index contributed by atoms with van der Waals surface area (Å²) >= 11 is 0. The third-order valence-electron chi connectivity index (χ3n) is 4.45. The van der Waals surface area contributed by atoms with Crippen LogP contribution in [0.1, 0.15) is 43.9 Å². The zero-order valence-corrected chi connectivity index (χ0v) is 13.0. The van der Waals surface area contributed by atoms with E-state index in [-0.39, 0.29) is 0 Å². The van der Waals surface area contributed by atoms with Gasteiger partial charge in [0, 0.05) is 25.7 Å². The molecule has 1 aliphatic rings. The van der Waals surface area contributed by atoms with Crippen molar-refractivity contribution in [3.63, 3.8) is 0 Å². The molecule has 112 valence electrons. The third kappa shape index (κ3) is 3.22. The molecule has 3 heteroatoms. The van der Waals surface area contributed by atoms with Gasteiger partial charge >= 0.3 is 0 Å². The van der Waals surface area contributed by atoms with Crippen LogP contribution in [-0.4, -0.2) is 31.1 Å². The van der Waals surface area contributed by atoms with Gasteiger partial charge in [-0.05, 0) is 36.4 Å². The summed E-state index contributed by atoms with van der Waals surface area (Å²) in [6, 6.07) is 9.52. The first-order valence-corrected chi connectivity index (χ1v) is 7.71. The Hall–Kier alpha value is -0.900. The highest BCUT2D eigenvalue weighted by atomic mass is 16.5. The lowest BCUT2D eigenvalue weighted by Gasteiger charge is -2.35. The maximum absolute atomic E-state index is 6.13. The van der Waals surface area contributed by atoms with Gasteiger partial charge < -0.3 is 10.5 Å². The molecule has 2 rings (SSSR count). The van der Waals surface area contributed by atoms with Crippen molar-refractivity contribution < 1.29 is 4.74 Å². The Morgan fingerprint density at radius 3 is 2.75 bits per heavy atom. The molecule has 20 heavy (non-hydrogen) atoms. The number of likely N-dealkylation sites (tertiary alicyclic amines) is 1. The molecule has 2 unspecified atom stereocenters. The molecule has 2 N–H and O–H groups in total. The number of ether oxygens (including phenoxy) is 1. The monoisotopic (exact) mass is 276 g/mol. The number of hydrogen-bond acceptors (Lipinski definition) is 3. The fourth-order valence-electron chi connectivity index (χ4n) is 3.51. The second-order valence-electron chi connectivity index (χ2n) is 6.07. The topological polar surface area (TPSA) is 38.5 Å². The molecular formula is C17H28N2O. The van der Waals surface area contributed by atoms with E-state index in [4.69, 9.17) is 10.5 Å². The molecule has 0 bridgehead atoms. The SMILES string of the molecule is COCc1ccccc1C(CN)N1CCCC1C(C)C. The summed E-state index contributed by atoms with van der Waals surface area (Å²) in [5.74, 6) is 0.682. The highest BCUT2D eigenvalue weighted by Crippen LogP contribution is 2.33. The molecule has 0 aromatic heterocycles. The van der Waals surface area contributed by atoms with Gasteiger partial charge in [-0.15, -0.1) is 0 Å². The number of nitrogens with two attached hydrogens (primary N) is 1. The molecular weight excluding hydrogens is 248 g/mol. The van der Waals surface area contributed by atoms with E-state index in [1.807, 2.05) is 0 Å². The Morgan fingerprint density at radius 2 is 2.10 bits per heavy atom. The number of rotatable bonds is 6. The fraction of sp³-hybridized carbons (Fsp3) is 0.647. The first kappa shape index (κ1) is 15.5. The Balaban J connectivity index is 2.28. The lowest BCUT2D eigenvalue weighted by Crippen LogP contribution is -2.40. The molecule has 0 aliphatic carbocycles. The maximum Gasteiger partial charge on any atom is 0.0716 e. The van der Waals surface area contributed by atoms with Crippen LogP contribution in [0.15, 0.2) is 24.3 Å². The molecule has 0 spiro atoms. The second-order valence-corrected chi connectivity index (χ2v) is 6.07. The second kappa shape index (κ2) is 7.21. The largest absolute Gasteiger partial charge is 0.380 e. The maximum atomic E-state index is 6.13. The van der Waals surface area contributed by atoms with Crippen LogP contribution in [0.2, 0.25) is 0 Å². The highest BCUT2D eigenvalue weighted by Gasteiger charge is 2.33. The Labute approximate surface area is 123 Å². The third-order valence-corrected chi connectivity index (χ3v) is 4.45. The molecule has 3 nitrogen and oxygen atoms in total. The van der Waals surface area contributed by atoms with Crippen molar-refractivity contribution in [3.05, 3.63) is 35.4 Å². The van der Waals surface area contributed by atoms with Gasteiger partial charge in [-0.25, -0.2) is 0 Å². The molecule has 1 heterocycles. The lowest BCUT2D eigenvalue weighted by atomic mass is 9.95. The number of hydrogen-bond donors (Lipinski definition) is 1. The molecule has 1 aromatic rings. The van der Waals surface area contributed by atoms with Gasteiger partial charge in [0.1, 0.15) is 0 Å². The van der Waals surface area contributed by atoms with E-state index in [0.29, 0.717) is 31.2 Å². The van der Waals surface area contributed by atoms with Crippen LogP contribution in [0.25, 0.3) is 0 Å². The molecule has 0 radical (unpaired) electrons. The first-order chi connectivity index (χ1) is 9.69. The zero-order chi connectivity index (χ0) is 14.5. The predicted molar refractivity (Wildman–Crippen MR) is 83.5 cm³/mol. The highest BCUT2D eigenvalue weighted by molar-refractivity contribution is 5.30. The number of methoxy groups -OCH3 is 1. The standard InChI is InChI=1S/C17H28N2O/c1-13(2)16-9-6-10-19(16)17(11-18)15-8-5-4-7-14(15)12-20-3/h4-5,7-8,13,16-17H,6,9-12,18H2,1-3H3. The minimum Gasteiger partial charge on any atom is -0.380 e. The van der Waals surface area contributed by atoms with Crippen molar-refractivity contribution in [2.24, 2.45) is 11.7 Å². The van der Waals surface area contributed by atoms with E-state index >= 15 is 0 Å². The number of benzene rings is 1. The van der Waals surface area contributed by atoms with Crippen molar-refractivity contribution in [2.75, 3.05) is 20.2 Å². The minimum atomic E-state index is 0.316. The lowest BCUT2D eigenvalue weighted by molar-refractivity contribution is 0.144. The van der Waals surface area contributed by atoms with Crippen LogP contribution in [0.4, 0.5) is 0 Å². The van der Waals surface area contributed by atoms with E-state index in [2.05, 4.69) is 43.0 Å². The van der Waals surface area contributed by atoms with Crippen LogP contribution in [0.5, 0.6) is 0 Å². The molecule has 1 aromatic carbocycles. The Morgan fingerprint density at radius 1 is 1.35 bits per heavy atom. The predicted octanol–water partition coefficient (Wildman–Crippen LogP) is 2.95. The number of nitrogens with zero attached hydrogens (tertiary/aromatic N) is 1. The van der Waals surface area contributed by atoms with E-state index in [0.717, 1.165) is 6.54 Å². The summed E-state index contributed by atoms with van der Waals surface area (Å²) < 4.78 is 5.34. The van der Waals surface area contributed by atoms with E-state index in [1.165, 1.54) is 24.0 Å². The van der Waals surface area contributed by atoms with E-state index in [9.17, 15) is 0 Å². The van der Waals surface area contributed by atoms with Gasteiger partial charge in [-0.2, -0.15) is 0 Å². The van der Waals surface area contributed by atoms with Gasteiger partial charge in [-0.1, -0.05) is 38.1 Å². The smallest absolute Gasteiger partial charge is 0.0716 e. The van der Waals surface area contributed by atoms with Crippen molar-refractivity contribution in [2.45, 2.75) is 45.4 Å². The zero-order valence-electron chi connectivity index (χ0n) is 13.0. The molecule has 0 saturated carbocycles. The van der Waals surface area contributed by atoms with Gasteiger partial charge in [0.25, 0.3) is 0 Å². The Kier molecular flexibility index (Phi) is 5.58. The minimum absolute atomic E-state index is 0.316. The van der Waals surface area contributed by atoms with Crippen molar-refractivity contribution in [3.8, 4) is 0 Å². The van der Waals surface area contributed by atoms with Crippen molar-refractivity contribution in [1.29, 1.82) is 0 Å². The van der Waals surface area contributed by atoms with Crippen LogP contribution in [0, 0.1) is 5.92 Å². The van der Waals surface area contributed by atoms with Crippen molar-refractivity contribution >= 4 is 0 Å². The van der Waals surface area contributed by atoms with Gasteiger partial charge in [0.2, 0.25) is 0 Å². The summed E-state index contributed by atoms with van der Waals surface area (Å²) in [7, 11) is 1.75. The van der Waals surface area contributed by atoms with Crippen LogP contribution >= 0.6 is 0 Å². The van der Waals surface area contributed by atoms with Crippen LogP contribution in [-0.2, 0) is 11.3 Å². The van der Waals surface area contributed by atoms with Gasteiger partial charge in [0.15, 0.2) is 0 Å². The summed E-state index contributed by atoms with van der Waals surface area (Å²) in [4.78, 5) is 2.61. The summed E-state index contributed by atoms with van der Waals surface area (Å²) in [6.07, 6.45) is 2.58. The average molecular weight is 276 g/mol. The fourth-order valence-corrected chi connectivity index (χ4v) is 3.51. The molecule has 1 aliphatic heterocycles. The average Bonchev–Trinajstić information content (AvgIpc) is 2.91. The quantitative estimate of drug-likeness (QED) is 0.868. The first-order valence-electron chi connectivity index (χ1n) is 7.71. The summed E-state index contributed by atoms with van der Waals surface area (Å²) in [5, 5.41) is 0. The van der Waals surface area contributed by atoms with Gasteiger partial charge in [0.05, 0.1) is 6.61 Å². The summed E-state index contributed by atoms with van der Waals surface area (Å²) in [6.45, 7) is 7.12. The molecule has 1 saturated heterocycles. The summed E-state index contributed by atoms with van der Waals surface area (Å²) in [5.41, 5.74) is 8.73. The molecule has 1 fully saturated rings. The van der Waals surface area contributed by atoms with Gasteiger partial charge in [-0.3, -0.25) is 4.90 Å². The molecule has 2 atom stereocenters. The van der Waals surface area contributed by atoms with Crippen molar-refractivity contribution in [1.82, 2.24) is 4.90 Å².